The quantitative estimate of drug-likeness (QED) is 0.368. The van der Waals surface area contributed by atoms with E-state index in [9.17, 15) is 14.3 Å². The molecule has 202 valence electrons. The number of thiophene rings is 1. The number of halogens is 1. The van der Waals surface area contributed by atoms with Crippen molar-refractivity contribution in [3.63, 3.8) is 0 Å². The summed E-state index contributed by atoms with van der Waals surface area (Å²) in [6, 6.07) is 6.42. The molecule has 6 rings (SSSR count). The van der Waals surface area contributed by atoms with Gasteiger partial charge in [0.05, 0.1) is 26.4 Å². The van der Waals surface area contributed by atoms with Gasteiger partial charge < -0.3 is 24.8 Å². The number of benzene rings is 1. The molecule has 38 heavy (non-hydrogen) atoms. The van der Waals surface area contributed by atoms with Crippen LogP contribution in [0, 0.1) is 5.82 Å². The number of hydrogen-bond acceptors (Lipinski definition) is 7. The number of aliphatic imine (C=N–C) groups is 1. The van der Waals surface area contributed by atoms with E-state index >= 15 is 0 Å². The molecule has 1 aromatic carbocycles. The minimum absolute atomic E-state index is 0.186. The number of morpholine rings is 2. The van der Waals surface area contributed by atoms with E-state index in [1.165, 1.54) is 23.5 Å². The lowest BCUT2D eigenvalue weighted by atomic mass is 9.87. The van der Waals surface area contributed by atoms with Crippen LogP contribution in [0.15, 0.2) is 29.3 Å². The van der Waals surface area contributed by atoms with Crippen molar-refractivity contribution >= 4 is 39.0 Å². The molecule has 8 nitrogen and oxygen atoms in total. The molecular formula is C28H33FN4O4S. The Kier molecular flexibility index (Phi) is 8.63. The number of fused-ring (bicyclic) bond motifs is 2. The fourth-order valence-electron chi connectivity index (χ4n) is 5.09. The zero-order valence-electron chi connectivity index (χ0n) is 21.6. The molecule has 0 amide bonds. The molecule has 1 aliphatic carbocycles. The molecule has 0 atom stereocenters. The Morgan fingerprint density at radius 1 is 1.08 bits per heavy atom. The monoisotopic (exact) mass is 540 g/mol. The van der Waals surface area contributed by atoms with Crippen LogP contribution in [0.3, 0.4) is 0 Å². The van der Waals surface area contributed by atoms with Crippen molar-refractivity contribution in [2.24, 2.45) is 4.99 Å². The van der Waals surface area contributed by atoms with E-state index in [1.54, 1.807) is 12.1 Å². The van der Waals surface area contributed by atoms with Crippen molar-refractivity contribution in [2.75, 3.05) is 52.6 Å². The van der Waals surface area contributed by atoms with Gasteiger partial charge in [0.2, 0.25) is 0 Å². The Bertz CT molecular complexity index is 1300. The van der Waals surface area contributed by atoms with Gasteiger partial charge in [0.25, 0.3) is 0 Å². The summed E-state index contributed by atoms with van der Waals surface area (Å²) in [6.07, 6.45) is 3.85. The van der Waals surface area contributed by atoms with Crippen LogP contribution in [0.5, 0.6) is 0 Å². The topological polar surface area (TPSA) is 96.3 Å². The number of rotatable bonds is 3. The first-order chi connectivity index (χ1) is 18.5. The Labute approximate surface area is 225 Å². The highest BCUT2D eigenvalue weighted by Gasteiger charge is 2.27. The summed E-state index contributed by atoms with van der Waals surface area (Å²) in [4.78, 5) is 24.9. The summed E-state index contributed by atoms with van der Waals surface area (Å²) < 4.78 is 24.1. The SMILES string of the molecule is C1COCCN1.CC(=Nc1c(C(=O)O)sc2nc3c(c(-c4ccc(F)cc4)c12)CCCC3)N1CCOCC1. The number of amidine groups is 1. The first-order valence-corrected chi connectivity index (χ1v) is 14.0. The summed E-state index contributed by atoms with van der Waals surface area (Å²) in [5, 5.41) is 13.9. The number of carbonyl (C=O) groups is 1. The standard InChI is InChI=1S/C24H24FN3O3S.C4H9NO/c1-14(28-10-12-31-13-11-28)26-21-20-19(15-6-8-16(25)9-7-15)17-4-2-3-5-18(17)27-23(20)32-22(21)24(29)30;1-3-6-4-2-5-1/h6-9H,2-5,10-13H2,1H3,(H,29,30);5H,1-4H2. The zero-order chi connectivity index (χ0) is 26.5. The van der Waals surface area contributed by atoms with E-state index in [0.717, 1.165) is 98.7 Å². The summed E-state index contributed by atoms with van der Waals surface area (Å²) in [7, 11) is 0. The van der Waals surface area contributed by atoms with Crippen molar-refractivity contribution in [1.82, 2.24) is 15.2 Å². The van der Waals surface area contributed by atoms with Crippen LogP contribution in [-0.4, -0.2) is 79.4 Å². The molecule has 2 N–H and O–H groups in total. The summed E-state index contributed by atoms with van der Waals surface area (Å²) in [5.74, 6) is -0.548. The average Bonchev–Trinajstić information content (AvgIpc) is 3.32. The largest absolute Gasteiger partial charge is 0.477 e. The predicted octanol–water partition coefficient (Wildman–Crippen LogP) is 4.67. The average molecular weight is 541 g/mol. The molecule has 0 spiro atoms. The molecule has 3 aromatic rings. The van der Waals surface area contributed by atoms with Crippen LogP contribution < -0.4 is 5.32 Å². The van der Waals surface area contributed by atoms with Gasteiger partial charge in [0.1, 0.15) is 27.0 Å². The third-order valence-corrected chi connectivity index (χ3v) is 8.07. The second-order valence-electron chi connectivity index (χ2n) is 9.51. The maximum atomic E-state index is 13.7. The molecule has 0 radical (unpaired) electrons. The molecule has 0 saturated carbocycles. The van der Waals surface area contributed by atoms with Gasteiger partial charge >= 0.3 is 5.97 Å². The molecule has 2 aliphatic heterocycles. The van der Waals surface area contributed by atoms with Crippen LogP contribution in [0.2, 0.25) is 0 Å². The second kappa shape index (κ2) is 12.3. The number of aromatic carboxylic acids is 1. The number of aromatic nitrogens is 1. The molecule has 4 heterocycles. The fraction of sp³-hybridized carbons (Fsp3) is 0.464. The fourth-order valence-corrected chi connectivity index (χ4v) is 6.07. The van der Waals surface area contributed by atoms with Crippen molar-refractivity contribution < 1.29 is 23.8 Å². The predicted molar refractivity (Wildman–Crippen MR) is 147 cm³/mol. The second-order valence-corrected chi connectivity index (χ2v) is 10.5. The number of ether oxygens (including phenoxy) is 2. The first-order valence-electron chi connectivity index (χ1n) is 13.2. The highest BCUT2D eigenvalue weighted by Crippen LogP contribution is 2.46. The van der Waals surface area contributed by atoms with Crippen molar-refractivity contribution in [3.8, 4) is 11.1 Å². The molecule has 10 heteroatoms. The number of aryl methyl sites for hydroxylation is 1. The van der Waals surface area contributed by atoms with Crippen LogP contribution in [0.4, 0.5) is 10.1 Å². The number of nitrogens with zero attached hydrogens (tertiary/aromatic N) is 3. The van der Waals surface area contributed by atoms with E-state index < -0.39 is 5.97 Å². The molecule has 0 bridgehead atoms. The third-order valence-electron chi connectivity index (χ3n) is 7.01. The Morgan fingerprint density at radius 3 is 2.39 bits per heavy atom. The van der Waals surface area contributed by atoms with Gasteiger partial charge in [0.15, 0.2) is 0 Å². The Morgan fingerprint density at radius 2 is 1.76 bits per heavy atom. The highest BCUT2D eigenvalue weighted by atomic mass is 32.1. The van der Waals surface area contributed by atoms with Gasteiger partial charge in [-0.25, -0.2) is 19.2 Å². The Hall–Kier alpha value is -2.92. The normalized spacial score (nSPS) is 18.1. The van der Waals surface area contributed by atoms with Crippen LogP contribution in [-0.2, 0) is 22.3 Å². The molecule has 2 fully saturated rings. The molecular weight excluding hydrogens is 507 g/mol. The van der Waals surface area contributed by atoms with Crippen LogP contribution >= 0.6 is 11.3 Å². The number of hydrogen-bond donors (Lipinski definition) is 2. The smallest absolute Gasteiger partial charge is 0.348 e. The third kappa shape index (κ3) is 5.88. The number of carboxylic acids is 1. The van der Waals surface area contributed by atoms with Gasteiger partial charge in [0, 0.05) is 37.3 Å². The van der Waals surface area contributed by atoms with E-state index in [0.29, 0.717) is 23.7 Å². The maximum absolute atomic E-state index is 13.7. The Balaban J connectivity index is 0.000000433. The minimum Gasteiger partial charge on any atom is -0.477 e. The van der Waals surface area contributed by atoms with Crippen LogP contribution in [0.25, 0.3) is 21.3 Å². The lowest BCUT2D eigenvalue weighted by Crippen LogP contribution is -2.39. The van der Waals surface area contributed by atoms with Crippen molar-refractivity contribution in [2.45, 2.75) is 32.6 Å². The number of nitrogens with one attached hydrogen (secondary N) is 1. The molecule has 0 unspecified atom stereocenters. The molecule has 2 saturated heterocycles. The summed E-state index contributed by atoms with van der Waals surface area (Å²) in [6.45, 7) is 8.43. The lowest BCUT2D eigenvalue weighted by Gasteiger charge is -2.28. The molecule has 3 aliphatic rings. The highest BCUT2D eigenvalue weighted by molar-refractivity contribution is 7.21. The zero-order valence-corrected chi connectivity index (χ0v) is 22.4. The van der Waals surface area contributed by atoms with Gasteiger partial charge in [-0.05, 0) is 61.4 Å². The van der Waals surface area contributed by atoms with Crippen molar-refractivity contribution in [3.05, 3.63) is 46.2 Å². The van der Waals surface area contributed by atoms with E-state index in [-0.39, 0.29) is 10.7 Å². The first kappa shape index (κ1) is 26.7. The number of carboxylic acid groups (broad SMARTS) is 1. The van der Waals surface area contributed by atoms with Gasteiger partial charge in [-0.3, -0.25) is 0 Å². The minimum atomic E-state index is -1.01. The van der Waals surface area contributed by atoms with Gasteiger partial charge in [-0.2, -0.15) is 0 Å². The van der Waals surface area contributed by atoms with Crippen LogP contribution in [0.1, 0.15) is 40.7 Å². The molecule has 2 aromatic heterocycles. The summed E-state index contributed by atoms with van der Waals surface area (Å²) in [5.41, 5.74) is 4.41. The van der Waals surface area contributed by atoms with E-state index in [4.69, 9.17) is 19.5 Å². The van der Waals surface area contributed by atoms with E-state index in [1.807, 2.05) is 6.92 Å². The van der Waals surface area contributed by atoms with Crippen molar-refractivity contribution in [1.29, 1.82) is 0 Å². The van der Waals surface area contributed by atoms with Gasteiger partial charge in [-0.1, -0.05) is 12.1 Å². The lowest BCUT2D eigenvalue weighted by molar-refractivity contribution is 0.0677. The summed E-state index contributed by atoms with van der Waals surface area (Å²) >= 11 is 1.17. The number of pyridine rings is 1. The van der Waals surface area contributed by atoms with Gasteiger partial charge in [-0.15, -0.1) is 11.3 Å². The maximum Gasteiger partial charge on any atom is 0.348 e. The van der Waals surface area contributed by atoms with E-state index in [2.05, 4.69) is 10.2 Å².